The van der Waals surface area contributed by atoms with Gasteiger partial charge in [0.15, 0.2) is 0 Å². The molecule has 0 aliphatic carbocycles. The number of ether oxygens (including phenoxy) is 2. The fraction of sp³-hybridized carbons (Fsp3) is 0.591. The predicted octanol–water partition coefficient (Wildman–Crippen LogP) is 3.63. The fourth-order valence-corrected chi connectivity index (χ4v) is 3.44. The van der Waals surface area contributed by atoms with E-state index in [1.54, 1.807) is 31.7 Å². The minimum Gasteiger partial charge on any atom is -0.444 e. The number of carbonyl (C=O) groups excluding carboxylic acids is 3. The number of rotatable bonds is 1. The molecule has 164 valence electrons. The van der Waals surface area contributed by atoms with Crippen molar-refractivity contribution in [3.63, 3.8) is 0 Å². The third kappa shape index (κ3) is 5.04. The Morgan fingerprint density at radius 1 is 0.867 bits per heavy atom. The van der Waals surface area contributed by atoms with Gasteiger partial charge in [0.25, 0.3) is 5.91 Å². The topological polar surface area (TPSA) is 79.4 Å². The van der Waals surface area contributed by atoms with Gasteiger partial charge in [-0.25, -0.2) is 14.5 Å². The molecule has 8 nitrogen and oxygen atoms in total. The summed E-state index contributed by atoms with van der Waals surface area (Å²) in [5, 5.41) is 0. The highest BCUT2D eigenvalue weighted by atomic mass is 16.6. The highest BCUT2D eigenvalue weighted by Crippen LogP contribution is 2.29. The van der Waals surface area contributed by atoms with Crippen molar-refractivity contribution < 1.29 is 23.9 Å². The molecule has 0 N–H and O–H groups in total. The van der Waals surface area contributed by atoms with E-state index >= 15 is 0 Å². The first-order chi connectivity index (χ1) is 13.8. The number of carbonyl (C=O) groups is 3. The first kappa shape index (κ1) is 21.9. The summed E-state index contributed by atoms with van der Waals surface area (Å²) in [6.45, 7) is 13.5. The van der Waals surface area contributed by atoms with Crippen LogP contribution in [-0.2, 0) is 16.0 Å². The summed E-state index contributed by atoms with van der Waals surface area (Å²) < 4.78 is 10.8. The molecule has 30 heavy (non-hydrogen) atoms. The molecule has 3 rings (SSSR count). The molecule has 0 saturated carbocycles. The monoisotopic (exact) mass is 417 g/mol. The fourth-order valence-electron chi connectivity index (χ4n) is 3.44. The van der Waals surface area contributed by atoms with Gasteiger partial charge < -0.3 is 19.3 Å². The summed E-state index contributed by atoms with van der Waals surface area (Å²) in [5.74, 6) is -0.333. The molecular formula is C22H31N3O5. The summed E-state index contributed by atoms with van der Waals surface area (Å²) in [6.07, 6.45) is -0.925. The maximum Gasteiger partial charge on any atom is 0.417 e. The van der Waals surface area contributed by atoms with Crippen LogP contribution in [0.15, 0.2) is 18.2 Å². The van der Waals surface area contributed by atoms with Crippen molar-refractivity contribution in [1.82, 2.24) is 9.80 Å². The number of amides is 3. The van der Waals surface area contributed by atoms with E-state index in [2.05, 4.69) is 4.90 Å². The maximum absolute atomic E-state index is 12.6. The number of fused-ring (bicyclic) bond motifs is 1. The first-order valence-electron chi connectivity index (χ1n) is 10.2. The van der Waals surface area contributed by atoms with E-state index in [0.717, 1.165) is 16.2 Å². The van der Waals surface area contributed by atoms with E-state index in [1.807, 2.05) is 32.9 Å². The quantitative estimate of drug-likeness (QED) is 0.694. The van der Waals surface area contributed by atoms with Crippen LogP contribution >= 0.6 is 0 Å². The van der Waals surface area contributed by atoms with Crippen molar-refractivity contribution in [2.45, 2.75) is 59.3 Å². The Bertz CT molecular complexity index is 845. The molecule has 3 amide bonds. The smallest absolute Gasteiger partial charge is 0.417 e. The minimum atomic E-state index is -0.662. The van der Waals surface area contributed by atoms with Gasteiger partial charge in [-0.05, 0) is 65.3 Å². The van der Waals surface area contributed by atoms with Crippen LogP contribution in [0.5, 0.6) is 0 Å². The molecule has 2 heterocycles. The number of piperazine rings is 1. The van der Waals surface area contributed by atoms with Gasteiger partial charge in [-0.2, -0.15) is 0 Å². The second-order valence-electron chi connectivity index (χ2n) is 9.67. The first-order valence-corrected chi connectivity index (χ1v) is 10.2. The molecule has 1 aromatic rings. The second kappa shape index (κ2) is 7.81. The van der Waals surface area contributed by atoms with Crippen LogP contribution in [0, 0.1) is 0 Å². The number of benzene rings is 1. The molecule has 0 spiro atoms. The van der Waals surface area contributed by atoms with Crippen molar-refractivity contribution in [2.24, 2.45) is 0 Å². The Kier molecular flexibility index (Phi) is 5.71. The van der Waals surface area contributed by atoms with Gasteiger partial charge in [0.2, 0.25) is 0 Å². The van der Waals surface area contributed by atoms with Crippen LogP contribution < -0.4 is 4.90 Å². The van der Waals surface area contributed by atoms with E-state index in [-0.39, 0.29) is 18.5 Å². The largest absolute Gasteiger partial charge is 0.444 e. The molecule has 1 saturated heterocycles. The van der Waals surface area contributed by atoms with E-state index in [0.29, 0.717) is 31.7 Å². The van der Waals surface area contributed by atoms with Gasteiger partial charge >= 0.3 is 12.2 Å². The molecule has 0 atom stereocenters. The Labute approximate surface area is 177 Å². The third-order valence-electron chi connectivity index (χ3n) is 4.80. The lowest BCUT2D eigenvalue weighted by molar-refractivity contribution is 0.0231. The normalized spacial score (nSPS) is 17.1. The van der Waals surface area contributed by atoms with Crippen molar-refractivity contribution >= 4 is 23.8 Å². The van der Waals surface area contributed by atoms with Gasteiger partial charge in [-0.1, -0.05) is 0 Å². The zero-order chi connectivity index (χ0) is 22.3. The molecule has 0 unspecified atom stereocenters. The second-order valence-corrected chi connectivity index (χ2v) is 9.67. The summed E-state index contributed by atoms with van der Waals surface area (Å²) in [7, 11) is 0. The van der Waals surface area contributed by atoms with Crippen LogP contribution in [-0.4, -0.2) is 65.3 Å². The maximum atomic E-state index is 12.6. The van der Waals surface area contributed by atoms with Crippen LogP contribution in [0.3, 0.4) is 0 Å². The lowest BCUT2D eigenvalue weighted by Crippen LogP contribution is -2.50. The van der Waals surface area contributed by atoms with Crippen molar-refractivity contribution in [2.75, 3.05) is 31.1 Å². The van der Waals surface area contributed by atoms with Gasteiger partial charge in [0, 0.05) is 37.4 Å². The number of hydrogen-bond acceptors (Lipinski definition) is 6. The van der Waals surface area contributed by atoms with E-state index in [9.17, 15) is 14.4 Å². The molecule has 1 aromatic carbocycles. The van der Waals surface area contributed by atoms with Crippen LogP contribution in [0.4, 0.5) is 15.3 Å². The highest BCUT2D eigenvalue weighted by molar-refractivity contribution is 6.06. The highest BCUT2D eigenvalue weighted by Gasteiger charge is 2.35. The van der Waals surface area contributed by atoms with Crippen LogP contribution in [0.1, 0.15) is 57.5 Å². The average molecular weight is 418 g/mol. The molecule has 2 aliphatic heterocycles. The molecule has 8 heteroatoms. The summed E-state index contributed by atoms with van der Waals surface area (Å²) in [6, 6.07) is 5.59. The van der Waals surface area contributed by atoms with Gasteiger partial charge in [-0.3, -0.25) is 4.79 Å². The number of nitrogens with zero attached hydrogens (tertiary/aromatic N) is 3. The minimum absolute atomic E-state index is 0.203. The summed E-state index contributed by atoms with van der Waals surface area (Å²) in [5.41, 5.74) is 1.12. The van der Waals surface area contributed by atoms with Gasteiger partial charge in [-0.15, -0.1) is 0 Å². The molecule has 2 aliphatic rings. The zero-order valence-corrected chi connectivity index (χ0v) is 18.7. The van der Waals surface area contributed by atoms with E-state index in [1.165, 1.54) is 0 Å². The van der Waals surface area contributed by atoms with Crippen molar-refractivity contribution in [3.8, 4) is 0 Å². The summed E-state index contributed by atoms with van der Waals surface area (Å²) >= 11 is 0. The Balaban J connectivity index is 1.64. The lowest BCUT2D eigenvalue weighted by atomic mass is 10.1. The molecular weight excluding hydrogens is 386 g/mol. The zero-order valence-electron chi connectivity index (χ0n) is 18.7. The lowest BCUT2D eigenvalue weighted by Gasteiger charge is -2.36. The molecule has 1 fully saturated rings. The third-order valence-corrected chi connectivity index (χ3v) is 4.80. The van der Waals surface area contributed by atoms with Crippen LogP contribution in [0.2, 0.25) is 0 Å². The number of hydrogen-bond donors (Lipinski definition) is 0. The van der Waals surface area contributed by atoms with Crippen molar-refractivity contribution in [1.29, 1.82) is 0 Å². The molecule has 0 bridgehead atoms. The number of anilines is 1. The van der Waals surface area contributed by atoms with Gasteiger partial charge in [0.05, 0.1) is 6.54 Å². The predicted molar refractivity (Wildman–Crippen MR) is 113 cm³/mol. The van der Waals surface area contributed by atoms with E-state index < -0.39 is 17.3 Å². The van der Waals surface area contributed by atoms with Gasteiger partial charge in [0.1, 0.15) is 11.2 Å². The Morgan fingerprint density at radius 3 is 2.00 bits per heavy atom. The number of imide groups is 1. The standard InChI is InChI=1S/C22H31N3O5/c1-21(2,3)29-19(27)24-11-9-23(10-12-24)16-7-8-17-15(13-16)14-25(18(17)26)20(28)30-22(4,5)6/h7-8,13H,9-12,14H2,1-6H3. The summed E-state index contributed by atoms with van der Waals surface area (Å²) in [4.78, 5) is 42.2. The molecule has 0 aromatic heterocycles. The average Bonchev–Trinajstić information content (AvgIpc) is 2.95. The Hall–Kier alpha value is -2.77. The van der Waals surface area contributed by atoms with Crippen molar-refractivity contribution in [3.05, 3.63) is 29.3 Å². The molecule has 0 radical (unpaired) electrons. The SMILES string of the molecule is CC(C)(C)OC(=O)N1CCN(c2ccc3c(c2)CN(C(=O)OC(C)(C)C)C3=O)CC1. The Morgan fingerprint density at radius 2 is 1.43 bits per heavy atom. The van der Waals surface area contributed by atoms with Crippen LogP contribution in [0.25, 0.3) is 0 Å². The van der Waals surface area contributed by atoms with E-state index in [4.69, 9.17) is 9.47 Å².